The first kappa shape index (κ1) is 12.8. The second-order valence-electron chi connectivity index (χ2n) is 5.61. The molecule has 2 heterocycles. The van der Waals surface area contributed by atoms with Crippen LogP contribution in [-0.4, -0.2) is 23.6 Å². The van der Waals surface area contributed by atoms with E-state index in [2.05, 4.69) is 24.0 Å². The molecule has 94 valence electrons. The third kappa shape index (κ3) is 3.40. The number of rotatable bonds is 4. The summed E-state index contributed by atoms with van der Waals surface area (Å²) in [5.74, 6) is 3.86. The van der Waals surface area contributed by atoms with Crippen LogP contribution in [0.25, 0.3) is 0 Å². The zero-order valence-electron chi connectivity index (χ0n) is 10.8. The molecular weight excluding hydrogens is 214 g/mol. The molecule has 0 bridgehead atoms. The van der Waals surface area contributed by atoms with E-state index >= 15 is 0 Å². The van der Waals surface area contributed by atoms with Gasteiger partial charge in [-0.3, -0.25) is 0 Å². The smallest absolute Gasteiger partial charge is 0.0179 e. The van der Waals surface area contributed by atoms with Gasteiger partial charge in [0.1, 0.15) is 0 Å². The van der Waals surface area contributed by atoms with E-state index in [1.54, 1.807) is 0 Å². The van der Waals surface area contributed by atoms with E-state index in [9.17, 15) is 0 Å². The maximum atomic E-state index is 3.82. The van der Waals surface area contributed by atoms with Crippen LogP contribution in [0.3, 0.4) is 0 Å². The molecule has 2 saturated heterocycles. The van der Waals surface area contributed by atoms with Gasteiger partial charge in [0.15, 0.2) is 0 Å². The highest BCUT2D eigenvalue weighted by Crippen LogP contribution is 2.33. The molecule has 0 spiro atoms. The van der Waals surface area contributed by atoms with Crippen LogP contribution in [0.2, 0.25) is 0 Å². The molecular formula is C14H27NS. The Kier molecular flexibility index (Phi) is 5.02. The van der Waals surface area contributed by atoms with E-state index < -0.39 is 0 Å². The lowest BCUT2D eigenvalue weighted by Gasteiger charge is -2.39. The van der Waals surface area contributed by atoms with E-state index in [0.29, 0.717) is 5.54 Å². The Morgan fingerprint density at radius 1 is 1.25 bits per heavy atom. The summed E-state index contributed by atoms with van der Waals surface area (Å²) in [6.07, 6.45) is 11.4. The monoisotopic (exact) mass is 241 g/mol. The van der Waals surface area contributed by atoms with Crippen molar-refractivity contribution >= 4 is 11.8 Å². The molecule has 2 aliphatic rings. The van der Waals surface area contributed by atoms with Gasteiger partial charge in [-0.15, -0.1) is 0 Å². The number of thioether (sulfide) groups is 1. The lowest BCUT2D eigenvalue weighted by molar-refractivity contribution is 0.209. The van der Waals surface area contributed by atoms with E-state index in [0.717, 1.165) is 5.92 Å². The van der Waals surface area contributed by atoms with Gasteiger partial charge in [-0.25, -0.2) is 0 Å². The van der Waals surface area contributed by atoms with Gasteiger partial charge < -0.3 is 5.32 Å². The molecule has 0 amide bonds. The number of hydrogen-bond acceptors (Lipinski definition) is 2. The van der Waals surface area contributed by atoms with Crippen molar-refractivity contribution in [2.45, 2.75) is 63.8 Å². The van der Waals surface area contributed by atoms with Crippen molar-refractivity contribution in [2.24, 2.45) is 5.92 Å². The van der Waals surface area contributed by atoms with Crippen molar-refractivity contribution in [3.8, 4) is 0 Å². The molecule has 0 saturated carbocycles. The maximum absolute atomic E-state index is 3.82. The molecule has 1 nitrogen and oxygen atoms in total. The van der Waals surface area contributed by atoms with Crippen LogP contribution in [0, 0.1) is 5.92 Å². The standard InChI is InChI=1S/C14H27NS/c1-2-14(8-3-4-10-15-14)9-5-13-6-11-16-12-7-13/h13,15H,2-12H2,1H3. The summed E-state index contributed by atoms with van der Waals surface area (Å²) in [6, 6.07) is 0. The zero-order chi connectivity index (χ0) is 11.3. The van der Waals surface area contributed by atoms with Gasteiger partial charge in [0.05, 0.1) is 0 Å². The highest BCUT2D eigenvalue weighted by atomic mass is 32.2. The summed E-state index contributed by atoms with van der Waals surface area (Å²) in [5.41, 5.74) is 0.517. The van der Waals surface area contributed by atoms with Crippen molar-refractivity contribution < 1.29 is 0 Å². The van der Waals surface area contributed by atoms with Crippen molar-refractivity contribution in [3.05, 3.63) is 0 Å². The normalized spacial score (nSPS) is 32.8. The number of piperidine rings is 1. The third-order valence-electron chi connectivity index (χ3n) is 4.63. The molecule has 2 rings (SSSR count). The first-order chi connectivity index (χ1) is 7.85. The molecule has 0 aromatic carbocycles. The van der Waals surface area contributed by atoms with Crippen molar-refractivity contribution in [1.82, 2.24) is 5.32 Å². The first-order valence-corrected chi connectivity index (χ1v) is 8.33. The Morgan fingerprint density at radius 2 is 2.06 bits per heavy atom. The summed E-state index contributed by atoms with van der Waals surface area (Å²) in [4.78, 5) is 0. The van der Waals surface area contributed by atoms with Crippen molar-refractivity contribution in [3.63, 3.8) is 0 Å². The van der Waals surface area contributed by atoms with Gasteiger partial charge in [-0.05, 0) is 68.9 Å². The van der Waals surface area contributed by atoms with Crippen molar-refractivity contribution in [2.75, 3.05) is 18.1 Å². The summed E-state index contributed by atoms with van der Waals surface area (Å²) in [6.45, 7) is 3.63. The Labute approximate surface area is 105 Å². The summed E-state index contributed by atoms with van der Waals surface area (Å²) < 4.78 is 0. The number of nitrogens with one attached hydrogen (secondary N) is 1. The zero-order valence-corrected chi connectivity index (χ0v) is 11.6. The molecule has 16 heavy (non-hydrogen) atoms. The van der Waals surface area contributed by atoms with Crippen LogP contribution in [0.1, 0.15) is 58.3 Å². The van der Waals surface area contributed by atoms with Crippen LogP contribution in [0.4, 0.5) is 0 Å². The SMILES string of the molecule is CCC1(CCC2CCSCC2)CCCCN1. The molecule has 0 radical (unpaired) electrons. The average molecular weight is 241 g/mol. The minimum atomic E-state index is 0.517. The largest absolute Gasteiger partial charge is 0.311 e. The molecule has 1 N–H and O–H groups in total. The minimum Gasteiger partial charge on any atom is -0.311 e. The molecule has 2 fully saturated rings. The summed E-state index contributed by atoms with van der Waals surface area (Å²) in [5, 5.41) is 3.82. The fraction of sp³-hybridized carbons (Fsp3) is 1.00. The second kappa shape index (κ2) is 6.30. The Bertz CT molecular complexity index is 193. The fourth-order valence-electron chi connectivity index (χ4n) is 3.24. The molecule has 1 unspecified atom stereocenters. The van der Waals surface area contributed by atoms with Gasteiger partial charge in [0.25, 0.3) is 0 Å². The summed E-state index contributed by atoms with van der Waals surface area (Å²) >= 11 is 2.15. The highest BCUT2D eigenvalue weighted by molar-refractivity contribution is 7.99. The van der Waals surface area contributed by atoms with Gasteiger partial charge >= 0.3 is 0 Å². The van der Waals surface area contributed by atoms with Gasteiger partial charge in [0, 0.05) is 5.54 Å². The molecule has 2 heteroatoms. The molecule has 0 aliphatic carbocycles. The van der Waals surface area contributed by atoms with E-state index in [1.807, 2.05) is 0 Å². The van der Waals surface area contributed by atoms with Gasteiger partial charge in [0.2, 0.25) is 0 Å². The van der Waals surface area contributed by atoms with Crippen LogP contribution >= 0.6 is 11.8 Å². The van der Waals surface area contributed by atoms with Crippen LogP contribution in [-0.2, 0) is 0 Å². The van der Waals surface area contributed by atoms with Crippen LogP contribution in [0.5, 0.6) is 0 Å². The topological polar surface area (TPSA) is 12.0 Å². The van der Waals surface area contributed by atoms with E-state index in [-0.39, 0.29) is 0 Å². The number of hydrogen-bond donors (Lipinski definition) is 1. The average Bonchev–Trinajstić information content (AvgIpc) is 2.39. The molecule has 0 aromatic heterocycles. The predicted molar refractivity (Wildman–Crippen MR) is 74.2 cm³/mol. The minimum absolute atomic E-state index is 0.517. The first-order valence-electron chi connectivity index (χ1n) is 7.17. The molecule has 0 aromatic rings. The maximum Gasteiger partial charge on any atom is 0.0179 e. The predicted octanol–water partition coefficient (Wildman–Crippen LogP) is 3.83. The molecule has 2 aliphatic heterocycles. The third-order valence-corrected chi connectivity index (χ3v) is 5.68. The Hall–Kier alpha value is 0.310. The highest BCUT2D eigenvalue weighted by Gasteiger charge is 2.30. The Morgan fingerprint density at radius 3 is 2.69 bits per heavy atom. The summed E-state index contributed by atoms with van der Waals surface area (Å²) in [7, 11) is 0. The fourth-order valence-corrected chi connectivity index (χ4v) is 4.44. The molecule has 1 atom stereocenters. The van der Waals surface area contributed by atoms with E-state index in [1.165, 1.54) is 69.4 Å². The van der Waals surface area contributed by atoms with Crippen LogP contribution < -0.4 is 5.32 Å². The van der Waals surface area contributed by atoms with E-state index in [4.69, 9.17) is 0 Å². The van der Waals surface area contributed by atoms with Gasteiger partial charge in [-0.1, -0.05) is 13.3 Å². The second-order valence-corrected chi connectivity index (χ2v) is 6.84. The lowest BCUT2D eigenvalue weighted by atomic mass is 9.80. The van der Waals surface area contributed by atoms with Crippen molar-refractivity contribution in [1.29, 1.82) is 0 Å². The Balaban J connectivity index is 1.77. The quantitative estimate of drug-likeness (QED) is 0.803. The van der Waals surface area contributed by atoms with Crippen LogP contribution in [0.15, 0.2) is 0 Å². The lowest BCUT2D eigenvalue weighted by Crippen LogP contribution is -2.48. The van der Waals surface area contributed by atoms with Gasteiger partial charge in [-0.2, -0.15) is 11.8 Å².